The largest absolute Gasteiger partial charge is 0.416 e. The van der Waals surface area contributed by atoms with Crippen LogP contribution in [0.3, 0.4) is 0 Å². The van der Waals surface area contributed by atoms with Crippen LogP contribution in [0.4, 0.5) is 30.7 Å². The Labute approximate surface area is 216 Å². The van der Waals surface area contributed by atoms with Crippen molar-refractivity contribution < 1.29 is 40.2 Å². The molecule has 2 aromatic carbocycles. The second-order valence-corrected chi connectivity index (χ2v) is 10.4. The first-order valence-electron chi connectivity index (χ1n) is 12.6. The van der Waals surface area contributed by atoms with Gasteiger partial charge in [0.2, 0.25) is 0 Å². The van der Waals surface area contributed by atoms with Crippen molar-refractivity contribution in [3.05, 3.63) is 70.5 Å². The van der Waals surface area contributed by atoms with E-state index >= 15 is 0 Å². The van der Waals surface area contributed by atoms with Crippen LogP contribution < -0.4 is 5.32 Å². The monoisotopic (exact) mass is 546 g/mol. The van der Waals surface area contributed by atoms with Crippen LogP contribution in [0.15, 0.2) is 42.5 Å². The number of hydrogen-bond donors (Lipinski definition) is 1. The number of likely N-dealkylation sites (tertiary alicyclic amines) is 1. The zero-order valence-electron chi connectivity index (χ0n) is 20.8. The molecule has 2 unspecified atom stereocenters. The Bertz CT molecular complexity index is 1110. The molecule has 0 spiro atoms. The van der Waals surface area contributed by atoms with E-state index in [2.05, 4.69) is 10.2 Å². The molecule has 1 N–H and O–H groups in total. The van der Waals surface area contributed by atoms with Crippen molar-refractivity contribution >= 4 is 0 Å². The Morgan fingerprint density at radius 2 is 1.58 bits per heavy atom. The van der Waals surface area contributed by atoms with Crippen LogP contribution in [0.5, 0.6) is 0 Å². The number of likely N-dealkylation sites (N-methyl/N-ethyl adjacent to an activating group) is 1. The number of epoxide rings is 1. The second kappa shape index (κ2) is 10.1. The van der Waals surface area contributed by atoms with Gasteiger partial charge in [0.15, 0.2) is 12.5 Å². The molecule has 38 heavy (non-hydrogen) atoms. The maximum Gasteiger partial charge on any atom is 0.416 e. The summed E-state index contributed by atoms with van der Waals surface area (Å²) >= 11 is 0. The Kier molecular flexibility index (Phi) is 7.25. The summed E-state index contributed by atoms with van der Waals surface area (Å²) < 4.78 is 106. The average molecular weight is 547 g/mol. The van der Waals surface area contributed by atoms with Gasteiger partial charge in [0, 0.05) is 19.0 Å². The summed E-state index contributed by atoms with van der Waals surface area (Å²) in [5.41, 5.74) is -2.09. The van der Waals surface area contributed by atoms with E-state index in [0.717, 1.165) is 30.7 Å². The highest BCUT2D eigenvalue weighted by molar-refractivity contribution is 5.35. The maximum atomic E-state index is 13.7. The van der Waals surface area contributed by atoms with E-state index < -0.39 is 41.5 Å². The van der Waals surface area contributed by atoms with Gasteiger partial charge < -0.3 is 9.47 Å². The van der Waals surface area contributed by atoms with Gasteiger partial charge in [-0.05, 0) is 80.1 Å². The van der Waals surface area contributed by atoms with Crippen molar-refractivity contribution in [3.63, 3.8) is 0 Å². The van der Waals surface area contributed by atoms with Crippen LogP contribution in [0.1, 0.15) is 54.0 Å². The molecule has 2 aromatic rings. The minimum atomic E-state index is -4.94. The quantitative estimate of drug-likeness (QED) is 0.339. The molecule has 208 valence electrons. The highest BCUT2D eigenvalue weighted by atomic mass is 19.4. The molecule has 0 amide bonds. The van der Waals surface area contributed by atoms with Crippen molar-refractivity contribution in [1.29, 1.82) is 0 Å². The standard InChI is InChI=1S/C27H29F7N2O2/c1-14(17-9-18(26(29,30)31)11-19(10-17)27(32,33)34)37-22-8-5-16-12-36(25-24(35-2)38-25)13-21(16)23(22)15-3-6-20(28)7-4-15/h3-4,6-7,9-11,14,16,21-25,35H,5,8,12-13H2,1-2H3/t14-,16+,21-,22+,23+,24?,25?/m1/s1. The Balaban J connectivity index is 1.43. The summed E-state index contributed by atoms with van der Waals surface area (Å²) in [5, 5.41) is 3.09. The molecule has 5 rings (SSSR count). The van der Waals surface area contributed by atoms with Gasteiger partial charge in [-0.2, -0.15) is 26.3 Å². The van der Waals surface area contributed by atoms with E-state index in [0.29, 0.717) is 18.9 Å². The summed E-state index contributed by atoms with van der Waals surface area (Å²) in [7, 11) is 1.82. The molecule has 3 fully saturated rings. The van der Waals surface area contributed by atoms with Crippen LogP contribution in [-0.2, 0) is 21.8 Å². The van der Waals surface area contributed by atoms with Gasteiger partial charge in [-0.15, -0.1) is 0 Å². The van der Waals surface area contributed by atoms with E-state index in [1.807, 2.05) is 7.05 Å². The van der Waals surface area contributed by atoms with Crippen molar-refractivity contribution in [1.82, 2.24) is 10.2 Å². The number of rotatable bonds is 6. The van der Waals surface area contributed by atoms with Crippen LogP contribution in [-0.4, -0.2) is 43.6 Å². The van der Waals surface area contributed by atoms with Crippen LogP contribution >= 0.6 is 0 Å². The Hall–Kier alpha value is -2.21. The topological polar surface area (TPSA) is 37.0 Å². The van der Waals surface area contributed by atoms with Crippen LogP contribution in [0.25, 0.3) is 0 Å². The lowest BCUT2D eigenvalue weighted by Gasteiger charge is -2.41. The minimum Gasteiger partial charge on any atom is -0.370 e. The summed E-state index contributed by atoms with van der Waals surface area (Å²) in [6, 6.07) is 7.64. The van der Waals surface area contributed by atoms with Gasteiger partial charge in [0.05, 0.1) is 23.3 Å². The van der Waals surface area contributed by atoms with Crippen molar-refractivity contribution in [2.75, 3.05) is 20.1 Å². The van der Waals surface area contributed by atoms with E-state index in [4.69, 9.17) is 9.47 Å². The number of nitrogens with one attached hydrogen (secondary N) is 1. The Morgan fingerprint density at radius 1 is 0.947 bits per heavy atom. The van der Waals surface area contributed by atoms with E-state index in [1.165, 1.54) is 19.1 Å². The summed E-state index contributed by atoms with van der Waals surface area (Å²) in [4.78, 5) is 2.25. The SMILES string of the molecule is CNC1OC1N1C[C@@H]2CC[C@H](O[C@H](C)c3cc(C(F)(F)F)cc(C(F)(F)F)c3)[C@@H](c3ccc(F)cc3)[C@@H]2C1. The van der Waals surface area contributed by atoms with E-state index in [9.17, 15) is 30.7 Å². The molecule has 3 aliphatic rings. The zero-order valence-corrected chi connectivity index (χ0v) is 20.8. The maximum absolute atomic E-state index is 13.7. The second-order valence-electron chi connectivity index (χ2n) is 10.4. The fourth-order valence-corrected chi connectivity index (χ4v) is 6.13. The molecule has 1 saturated carbocycles. The summed E-state index contributed by atoms with van der Waals surface area (Å²) in [6.07, 6.45) is -10.1. The number of ether oxygens (including phenoxy) is 2. The fraction of sp³-hybridized carbons (Fsp3) is 0.556. The highest BCUT2D eigenvalue weighted by Gasteiger charge is 2.52. The predicted octanol–water partition coefficient (Wildman–Crippen LogP) is 6.34. The van der Waals surface area contributed by atoms with E-state index in [-0.39, 0.29) is 35.9 Å². The molecule has 0 radical (unpaired) electrons. The summed E-state index contributed by atoms with van der Waals surface area (Å²) in [6.45, 7) is 2.99. The normalized spacial score (nSPS) is 30.8. The van der Waals surface area contributed by atoms with Crippen LogP contribution in [0.2, 0.25) is 0 Å². The van der Waals surface area contributed by atoms with Crippen molar-refractivity contribution in [2.24, 2.45) is 11.8 Å². The highest BCUT2D eigenvalue weighted by Crippen LogP contribution is 2.49. The first kappa shape index (κ1) is 27.4. The number of alkyl halides is 6. The predicted molar refractivity (Wildman–Crippen MR) is 124 cm³/mol. The van der Waals surface area contributed by atoms with Gasteiger partial charge in [-0.1, -0.05) is 12.1 Å². The van der Waals surface area contributed by atoms with Crippen molar-refractivity contribution in [3.8, 4) is 0 Å². The number of halogens is 7. The molecule has 4 nitrogen and oxygen atoms in total. The average Bonchev–Trinajstić information content (AvgIpc) is 3.53. The third kappa shape index (κ3) is 5.57. The lowest BCUT2D eigenvalue weighted by molar-refractivity contribution is -0.143. The molecule has 2 aliphatic heterocycles. The van der Waals surface area contributed by atoms with Gasteiger partial charge in [-0.3, -0.25) is 10.2 Å². The smallest absolute Gasteiger partial charge is 0.370 e. The molecular weight excluding hydrogens is 517 g/mol. The Morgan fingerprint density at radius 3 is 2.13 bits per heavy atom. The molecule has 11 heteroatoms. The first-order chi connectivity index (χ1) is 17.8. The number of nitrogens with zero attached hydrogens (tertiary/aromatic N) is 1. The number of benzene rings is 2. The number of fused-ring (bicyclic) bond motifs is 1. The van der Waals surface area contributed by atoms with Gasteiger partial charge in [0.1, 0.15) is 5.82 Å². The lowest BCUT2D eigenvalue weighted by Crippen LogP contribution is -2.38. The molecule has 7 atom stereocenters. The lowest BCUT2D eigenvalue weighted by atomic mass is 9.69. The first-order valence-corrected chi connectivity index (χ1v) is 12.6. The van der Waals surface area contributed by atoms with Gasteiger partial charge in [0.25, 0.3) is 0 Å². The van der Waals surface area contributed by atoms with Gasteiger partial charge in [-0.25, -0.2) is 4.39 Å². The molecule has 2 heterocycles. The third-order valence-electron chi connectivity index (χ3n) is 8.03. The third-order valence-corrected chi connectivity index (χ3v) is 8.03. The molecule has 0 aromatic heterocycles. The molecular formula is C27H29F7N2O2. The van der Waals surface area contributed by atoms with Crippen molar-refractivity contribution in [2.45, 2.75) is 62.7 Å². The zero-order chi connectivity index (χ0) is 27.4. The summed E-state index contributed by atoms with van der Waals surface area (Å²) in [5.74, 6) is -0.180. The van der Waals surface area contributed by atoms with E-state index in [1.54, 1.807) is 12.1 Å². The minimum absolute atomic E-state index is 0.0383. The fourth-order valence-electron chi connectivity index (χ4n) is 6.13. The molecule has 2 saturated heterocycles. The molecule has 0 bridgehead atoms. The van der Waals surface area contributed by atoms with Gasteiger partial charge >= 0.3 is 12.4 Å². The number of hydrogen-bond acceptors (Lipinski definition) is 4. The molecule has 1 aliphatic carbocycles. The van der Waals surface area contributed by atoms with Crippen LogP contribution in [0, 0.1) is 17.7 Å².